The molecule has 0 bridgehead atoms. The summed E-state index contributed by atoms with van der Waals surface area (Å²) in [5, 5.41) is 0. The van der Waals surface area contributed by atoms with Crippen molar-refractivity contribution < 1.29 is 34.7 Å². The first-order valence-electron chi connectivity index (χ1n) is 11.8. The molecule has 0 rings (SSSR count). The van der Waals surface area contributed by atoms with Crippen molar-refractivity contribution in [3.05, 3.63) is 0 Å². The second-order valence-electron chi connectivity index (χ2n) is 7.65. The van der Waals surface area contributed by atoms with Crippen LogP contribution in [0.3, 0.4) is 0 Å². The summed E-state index contributed by atoms with van der Waals surface area (Å²) < 4.78 is 66.1. The zero-order valence-corrected chi connectivity index (χ0v) is 25.7. The van der Waals surface area contributed by atoms with Gasteiger partial charge >= 0.3 is 97.8 Å². The van der Waals surface area contributed by atoms with E-state index in [9.17, 15) is 8.42 Å². The predicted molar refractivity (Wildman–Crippen MR) is 143 cm³/mol. The normalized spacial score (nSPS) is 10.3. The quantitative estimate of drug-likeness (QED) is 0.0609. The molecule has 14 heteroatoms. The van der Waals surface area contributed by atoms with Crippen LogP contribution in [0.4, 0.5) is 0 Å². The van der Waals surface area contributed by atoms with E-state index in [0.717, 1.165) is 12.8 Å². The Morgan fingerprint density at radius 1 is 0.559 bits per heavy atom. The van der Waals surface area contributed by atoms with Crippen molar-refractivity contribution in [2.45, 2.75) is 120 Å². The van der Waals surface area contributed by atoms with E-state index in [1.165, 1.54) is 115 Å². The smallest absolute Gasteiger partial charge is 0.344 e. The maximum Gasteiger partial charge on any atom is 0.394 e. The molecule has 0 aromatic rings. The average Bonchev–Trinajstić information content (AvgIpc) is 2.64. The molecule has 0 aliphatic rings. The first-order chi connectivity index (χ1) is 14.5. The molecule has 0 atom stereocenters. The van der Waals surface area contributed by atoms with Gasteiger partial charge in [-0.2, -0.15) is 16.8 Å². The van der Waals surface area contributed by atoms with Crippen LogP contribution < -0.4 is 18.5 Å². The van der Waals surface area contributed by atoms with Crippen LogP contribution in [0.5, 0.6) is 0 Å². The van der Waals surface area contributed by atoms with Crippen molar-refractivity contribution in [3.8, 4) is 0 Å². The minimum Gasteiger partial charge on any atom is -0.344 e. The van der Waals surface area contributed by atoms with E-state index < -0.39 is 20.8 Å². The van der Waals surface area contributed by atoms with Gasteiger partial charge in [-0.05, 0) is 6.42 Å². The zero-order valence-electron chi connectivity index (χ0n) is 22.0. The van der Waals surface area contributed by atoms with Gasteiger partial charge in [0.1, 0.15) is 0 Å². The van der Waals surface area contributed by atoms with Crippen LogP contribution in [0.2, 0.25) is 3.67 Å². The van der Waals surface area contributed by atoms with E-state index in [-0.39, 0.29) is 25.1 Å². The third kappa shape index (κ3) is 76.7. The molecular weight excluding hydrogens is 497 g/mol. The molecule has 11 nitrogen and oxygen atoms in total. The van der Waals surface area contributed by atoms with Gasteiger partial charge in [0.25, 0.3) is 0 Å². The van der Waals surface area contributed by atoms with E-state index in [0.29, 0.717) is 6.42 Å². The third-order valence-electron chi connectivity index (χ3n) is 4.44. The fraction of sp³-hybridized carbons (Fsp3) is 1.00. The largest absolute Gasteiger partial charge is 0.394 e. The Hall–Kier alpha value is 0.620. The van der Waals surface area contributed by atoms with Crippen LogP contribution in [0.25, 0.3) is 0 Å². The molecule has 12 N–H and O–H groups in total. The van der Waals surface area contributed by atoms with Gasteiger partial charge in [0.2, 0.25) is 0 Å². The summed E-state index contributed by atoms with van der Waals surface area (Å²) in [5.74, 6) is 0. The number of rotatable bonds is 18. The van der Waals surface area contributed by atoms with Crippen LogP contribution in [0.15, 0.2) is 0 Å². The van der Waals surface area contributed by atoms with Gasteiger partial charge in [-0.15, -0.1) is 0 Å². The Balaban J connectivity index is -0.0000000979. The van der Waals surface area contributed by atoms with Crippen molar-refractivity contribution in [2.24, 2.45) is 0 Å². The Kier molecular flexibility index (Phi) is 50.3. The summed E-state index contributed by atoms with van der Waals surface area (Å²) in [6.45, 7) is 4.58. The summed E-state index contributed by atoms with van der Waals surface area (Å²) in [6, 6.07) is 0. The summed E-state index contributed by atoms with van der Waals surface area (Å²) in [5.41, 5.74) is 0. The standard InChI is InChI=1S/C12H26O4S.C8H17.3H3N.Na.H2O4S/c1-2-3-4-5-6-7-8-9-10-11-12-16-17(13,14)15;1-3-5-7-8-6-4-2;;;;;1-5(2,3)4/h2-12H2,1H3,(H,13,14,15);1,3-8H2,2H3;3*1H3;;(H2,1,2,3,4). The van der Waals surface area contributed by atoms with E-state index >= 15 is 0 Å². The van der Waals surface area contributed by atoms with Crippen LogP contribution in [0.1, 0.15) is 117 Å². The van der Waals surface area contributed by atoms with E-state index in [1.807, 2.05) is 0 Å². The topological polar surface area (TPSA) is 243 Å². The van der Waals surface area contributed by atoms with Gasteiger partial charge in [0, 0.05) is 0 Å². The molecule has 0 spiro atoms. The monoisotopic (exact) mass is 551 g/mol. The molecule has 0 fully saturated rings. The van der Waals surface area contributed by atoms with Gasteiger partial charge in [-0.1, -0.05) is 64.7 Å². The van der Waals surface area contributed by atoms with E-state index in [1.54, 1.807) is 0 Å². The molecule has 0 aromatic carbocycles. The van der Waals surface area contributed by atoms with Gasteiger partial charge < -0.3 is 18.5 Å². The van der Waals surface area contributed by atoms with Crippen molar-refractivity contribution in [1.29, 1.82) is 0 Å². The number of hydrogen-bond acceptors (Lipinski definition) is 8. The molecule has 34 heavy (non-hydrogen) atoms. The Bertz CT molecular complexity index is 540. The molecular formula is C20H54N3NaO8S2. The Morgan fingerprint density at radius 3 is 1.09 bits per heavy atom. The van der Waals surface area contributed by atoms with E-state index in [4.69, 9.17) is 22.1 Å². The zero-order chi connectivity index (χ0) is 24.4. The van der Waals surface area contributed by atoms with Crippen LogP contribution in [0, 0.1) is 0 Å². The molecule has 0 aliphatic heterocycles. The SMILES string of the molecule is CCCCCCCCCCCCOS(=O)(=O)O.CCCCCCC[CH2][Na].N.N.N.O=S(=O)(O)O. The molecule has 0 unspecified atom stereocenters. The van der Waals surface area contributed by atoms with Gasteiger partial charge in [0.05, 0.1) is 6.61 Å². The summed E-state index contributed by atoms with van der Waals surface area (Å²) in [4.78, 5) is 0. The fourth-order valence-corrected chi connectivity index (χ4v) is 3.61. The maximum absolute atomic E-state index is 10.2. The minimum atomic E-state index is -4.67. The first-order valence-corrected chi connectivity index (χ1v) is 16.0. The summed E-state index contributed by atoms with van der Waals surface area (Å²) in [6.07, 6.45) is 20.6. The molecule has 0 aliphatic carbocycles. The fourth-order valence-electron chi connectivity index (χ4n) is 2.78. The van der Waals surface area contributed by atoms with Crippen molar-refractivity contribution in [2.75, 3.05) is 6.61 Å². The third-order valence-corrected chi connectivity index (χ3v) is 5.61. The van der Waals surface area contributed by atoms with Crippen LogP contribution in [-0.4, -0.2) is 65.0 Å². The number of unbranched alkanes of at least 4 members (excludes halogenated alkanes) is 14. The average molecular weight is 552 g/mol. The number of hydrogen-bond donors (Lipinski definition) is 6. The molecule has 0 radical (unpaired) electrons. The van der Waals surface area contributed by atoms with Crippen LogP contribution in [-0.2, 0) is 25.0 Å². The van der Waals surface area contributed by atoms with Crippen molar-refractivity contribution >= 4 is 48.7 Å². The first kappa shape index (κ1) is 47.8. The van der Waals surface area contributed by atoms with Crippen LogP contribution >= 0.6 is 0 Å². The molecule has 210 valence electrons. The summed E-state index contributed by atoms with van der Waals surface area (Å²) >= 11 is 1.41. The predicted octanol–water partition coefficient (Wildman–Crippen LogP) is 6.49. The Labute approximate surface area is 227 Å². The molecule has 0 aromatic heterocycles. The molecule has 0 amide bonds. The molecule has 0 saturated heterocycles. The van der Waals surface area contributed by atoms with Crippen molar-refractivity contribution in [1.82, 2.24) is 18.5 Å². The van der Waals surface area contributed by atoms with Gasteiger partial charge in [0.15, 0.2) is 0 Å². The van der Waals surface area contributed by atoms with Gasteiger partial charge in [-0.3, -0.25) is 13.7 Å². The second-order valence-corrected chi connectivity index (χ2v) is 10.6. The van der Waals surface area contributed by atoms with E-state index in [2.05, 4.69) is 18.0 Å². The Morgan fingerprint density at radius 2 is 0.824 bits per heavy atom. The van der Waals surface area contributed by atoms with Gasteiger partial charge in [-0.25, -0.2) is 4.18 Å². The second kappa shape index (κ2) is 35.8. The summed E-state index contributed by atoms with van der Waals surface area (Å²) in [7, 11) is -8.90. The molecule has 0 saturated carbocycles. The molecule has 0 heterocycles. The maximum atomic E-state index is 10.2. The van der Waals surface area contributed by atoms with Crippen molar-refractivity contribution in [3.63, 3.8) is 0 Å². The minimum absolute atomic E-state index is 0.